The molecule has 0 radical (unpaired) electrons. The second-order valence-electron chi connectivity index (χ2n) is 3.95. The summed E-state index contributed by atoms with van der Waals surface area (Å²) in [6, 6.07) is -2.01. The second kappa shape index (κ2) is 11.1. The van der Waals surface area contributed by atoms with E-state index in [4.69, 9.17) is 21.7 Å². The first-order valence-electron chi connectivity index (χ1n) is 5.99. The number of carbonyl (C=O) groups is 4. The van der Waals surface area contributed by atoms with E-state index in [9.17, 15) is 19.2 Å². The van der Waals surface area contributed by atoms with Gasteiger partial charge in [0.2, 0.25) is 11.8 Å². The van der Waals surface area contributed by atoms with Crippen molar-refractivity contribution < 1.29 is 29.4 Å². The van der Waals surface area contributed by atoms with Crippen LogP contribution >= 0.6 is 21.6 Å². The molecule has 126 valence electrons. The molecule has 0 aliphatic rings. The number of aliphatic carboxylic acids is 2. The predicted molar refractivity (Wildman–Crippen MR) is 82.2 cm³/mol. The summed E-state index contributed by atoms with van der Waals surface area (Å²) in [5, 5.41) is 21.7. The molecule has 0 spiro atoms. The van der Waals surface area contributed by atoms with Crippen molar-refractivity contribution >= 4 is 45.3 Å². The number of carboxylic acid groups (broad SMARTS) is 2. The Morgan fingerprint density at radius 1 is 1.09 bits per heavy atom. The Bertz CT molecular complexity index is 422. The first kappa shape index (κ1) is 20.5. The van der Waals surface area contributed by atoms with Crippen molar-refractivity contribution in [3.63, 3.8) is 0 Å². The Balaban J connectivity index is 4.02. The van der Waals surface area contributed by atoms with Gasteiger partial charge in [-0.2, -0.15) is 0 Å². The van der Waals surface area contributed by atoms with Crippen molar-refractivity contribution in [2.24, 2.45) is 11.5 Å². The van der Waals surface area contributed by atoms with Gasteiger partial charge in [-0.1, -0.05) is 21.6 Å². The monoisotopic (exact) mass is 354 g/mol. The Labute approximate surface area is 134 Å². The zero-order valence-electron chi connectivity index (χ0n) is 11.5. The highest BCUT2D eigenvalue weighted by molar-refractivity contribution is 8.76. The number of amides is 2. The minimum Gasteiger partial charge on any atom is -0.480 e. The number of hydrogen-bond acceptors (Lipinski definition) is 8. The summed E-state index contributed by atoms with van der Waals surface area (Å²) in [6.45, 7) is -0.827. The molecular weight excluding hydrogens is 336 g/mol. The summed E-state index contributed by atoms with van der Waals surface area (Å²) in [7, 11) is 2.26. The highest BCUT2D eigenvalue weighted by Gasteiger charge is 2.20. The summed E-state index contributed by atoms with van der Waals surface area (Å²) in [5.41, 5.74) is 10.6. The van der Waals surface area contributed by atoms with Crippen LogP contribution in [0, 0.1) is 0 Å². The molecule has 0 unspecified atom stereocenters. The molecule has 0 bridgehead atoms. The van der Waals surface area contributed by atoms with Crippen molar-refractivity contribution in [3.8, 4) is 0 Å². The van der Waals surface area contributed by atoms with Gasteiger partial charge >= 0.3 is 11.9 Å². The van der Waals surface area contributed by atoms with Gasteiger partial charge in [0.1, 0.15) is 12.6 Å². The number of carboxylic acids is 2. The lowest BCUT2D eigenvalue weighted by Gasteiger charge is -2.14. The average molecular weight is 354 g/mol. The van der Waals surface area contributed by atoms with E-state index in [1.165, 1.54) is 0 Å². The molecule has 2 amide bonds. The second-order valence-corrected chi connectivity index (χ2v) is 6.50. The summed E-state index contributed by atoms with van der Waals surface area (Å²) < 4.78 is 0. The van der Waals surface area contributed by atoms with Gasteiger partial charge in [-0.25, -0.2) is 4.79 Å². The molecule has 0 aromatic rings. The Kier molecular flexibility index (Phi) is 10.4. The van der Waals surface area contributed by atoms with Crippen LogP contribution in [-0.2, 0) is 19.2 Å². The van der Waals surface area contributed by atoms with Crippen LogP contribution in [0.15, 0.2) is 0 Å². The highest BCUT2D eigenvalue weighted by atomic mass is 33.1. The Morgan fingerprint density at radius 2 is 1.68 bits per heavy atom. The molecule has 10 nitrogen and oxygen atoms in total. The van der Waals surface area contributed by atoms with Crippen LogP contribution in [0.2, 0.25) is 0 Å². The third-order valence-corrected chi connectivity index (χ3v) is 4.58. The third-order valence-electron chi connectivity index (χ3n) is 2.13. The smallest absolute Gasteiger partial charge is 0.327 e. The van der Waals surface area contributed by atoms with E-state index in [-0.39, 0.29) is 18.1 Å². The molecule has 0 heterocycles. The standard InChI is InChI=1S/C10H18N4O6S2/c11-1-7(15)14-6(10(19)20)4-22-21-3-5(12)9(18)13-2-8(16)17/h5-6H,1-4,11-12H2,(H,13,18)(H,14,15)(H,16,17)(H,19,20)/t5-,6-/m0/s1. The van der Waals surface area contributed by atoms with Gasteiger partial charge < -0.3 is 32.3 Å². The van der Waals surface area contributed by atoms with Crippen molar-refractivity contribution in [1.82, 2.24) is 10.6 Å². The maximum atomic E-state index is 11.4. The van der Waals surface area contributed by atoms with Crippen LogP contribution in [0.25, 0.3) is 0 Å². The van der Waals surface area contributed by atoms with Gasteiger partial charge in [0, 0.05) is 11.5 Å². The molecular formula is C10H18N4O6S2. The molecule has 0 aromatic carbocycles. The van der Waals surface area contributed by atoms with Gasteiger partial charge in [-0.15, -0.1) is 0 Å². The Hall–Kier alpha value is -1.50. The van der Waals surface area contributed by atoms with Crippen molar-refractivity contribution in [1.29, 1.82) is 0 Å². The number of nitrogens with two attached hydrogens (primary N) is 2. The molecule has 0 aliphatic heterocycles. The summed E-state index contributed by atoms with van der Waals surface area (Å²) in [5.74, 6) is -3.34. The average Bonchev–Trinajstić information content (AvgIpc) is 2.46. The summed E-state index contributed by atoms with van der Waals surface area (Å²) in [4.78, 5) is 43.6. The lowest BCUT2D eigenvalue weighted by Crippen LogP contribution is -2.45. The van der Waals surface area contributed by atoms with Gasteiger partial charge in [0.25, 0.3) is 0 Å². The maximum absolute atomic E-state index is 11.4. The van der Waals surface area contributed by atoms with Crippen LogP contribution in [0.4, 0.5) is 0 Å². The van der Waals surface area contributed by atoms with Crippen LogP contribution in [-0.4, -0.2) is 70.6 Å². The lowest BCUT2D eigenvalue weighted by atomic mass is 10.3. The van der Waals surface area contributed by atoms with E-state index in [1.54, 1.807) is 0 Å². The van der Waals surface area contributed by atoms with E-state index in [0.717, 1.165) is 21.6 Å². The molecule has 0 aromatic heterocycles. The molecule has 0 rings (SSSR count). The number of nitrogens with one attached hydrogen (secondary N) is 2. The van der Waals surface area contributed by atoms with E-state index >= 15 is 0 Å². The minimum absolute atomic E-state index is 0.0647. The highest BCUT2D eigenvalue weighted by Crippen LogP contribution is 2.22. The van der Waals surface area contributed by atoms with Crippen molar-refractivity contribution in [2.75, 3.05) is 24.6 Å². The normalized spacial score (nSPS) is 13.0. The number of carbonyl (C=O) groups excluding carboxylic acids is 2. The van der Waals surface area contributed by atoms with Crippen LogP contribution < -0.4 is 22.1 Å². The SMILES string of the molecule is NCC(=O)N[C@@H](CSSC[C@H](N)C(=O)NCC(=O)O)C(=O)O. The van der Waals surface area contributed by atoms with Crippen LogP contribution in [0.1, 0.15) is 0 Å². The lowest BCUT2D eigenvalue weighted by molar-refractivity contribution is -0.140. The molecule has 0 fully saturated rings. The van der Waals surface area contributed by atoms with Gasteiger partial charge in [0.15, 0.2) is 0 Å². The van der Waals surface area contributed by atoms with Crippen molar-refractivity contribution in [3.05, 3.63) is 0 Å². The molecule has 0 aliphatic carbocycles. The maximum Gasteiger partial charge on any atom is 0.327 e. The summed E-state index contributed by atoms with van der Waals surface area (Å²) in [6.07, 6.45) is 0. The van der Waals surface area contributed by atoms with Gasteiger partial charge in [0.05, 0.1) is 12.6 Å². The summed E-state index contributed by atoms with van der Waals surface area (Å²) >= 11 is 0. The molecule has 2 atom stereocenters. The van der Waals surface area contributed by atoms with Gasteiger partial charge in [-0.3, -0.25) is 14.4 Å². The first-order valence-corrected chi connectivity index (χ1v) is 8.48. The van der Waals surface area contributed by atoms with Crippen molar-refractivity contribution in [2.45, 2.75) is 12.1 Å². The predicted octanol–water partition coefficient (Wildman–Crippen LogP) is -2.58. The molecule has 0 saturated carbocycles. The minimum atomic E-state index is -1.20. The fourth-order valence-corrected chi connectivity index (χ4v) is 3.31. The number of rotatable bonds is 11. The largest absolute Gasteiger partial charge is 0.480 e. The fourth-order valence-electron chi connectivity index (χ4n) is 1.04. The quantitative estimate of drug-likeness (QED) is 0.170. The van der Waals surface area contributed by atoms with Crippen LogP contribution in [0.5, 0.6) is 0 Å². The molecule has 8 N–H and O–H groups in total. The fraction of sp³-hybridized carbons (Fsp3) is 0.600. The van der Waals surface area contributed by atoms with E-state index in [2.05, 4.69) is 10.6 Å². The topological polar surface area (TPSA) is 185 Å². The van der Waals surface area contributed by atoms with E-state index in [0.29, 0.717) is 0 Å². The van der Waals surface area contributed by atoms with E-state index in [1.807, 2.05) is 0 Å². The van der Waals surface area contributed by atoms with Gasteiger partial charge in [-0.05, 0) is 0 Å². The first-order chi connectivity index (χ1) is 10.3. The molecule has 22 heavy (non-hydrogen) atoms. The molecule has 0 saturated heterocycles. The number of hydrogen-bond donors (Lipinski definition) is 6. The zero-order valence-corrected chi connectivity index (χ0v) is 13.1. The zero-order chi connectivity index (χ0) is 17.1. The van der Waals surface area contributed by atoms with E-state index < -0.39 is 42.4 Å². The third kappa shape index (κ3) is 9.44. The Morgan fingerprint density at radius 3 is 2.18 bits per heavy atom. The molecule has 12 heteroatoms. The van der Waals surface area contributed by atoms with Crippen LogP contribution in [0.3, 0.4) is 0 Å².